The summed E-state index contributed by atoms with van der Waals surface area (Å²) in [6.45, 7) is 6.12. The van der Waals surface area contributed by atoms with Crippen molar-refractivity contribution >= 4 is 17.4 Å². The maximum Gasteiger partial charge on any atom is 0.411 e. The minimum atomic E-state index is -0.504. The Hall–Kier alpha value is -2.37. The molecule has 0 radical (unpaired) electrons. The summed E-state index contributed by atoms with van der Waals surface area (Å²) in [5.41, 5.74) is 1.56. The number of amides is 1. The van der Waals surface area contributed by atoms with Gasteiger partial charge in [-0.25, -0.2) is 4.79 Å². The lowest BCUT2D eigenvalue weighted by molar-refractivity contribution is -0.384. The Bertz CT molecular complexity index is 697. The van der Waals surface area contributed by atoms with Crippen molar-refractivity contribution in [1.82, 2.24) is 4.90 Å². The maximum absolute atomic E-state index is 12.4. The molecular formula is C18H22N2O4. The summed E-state index contributed by atoms with van der Waals surface area (Å²) in [6, 6.07) is 6.61. The van der Waals surface area contributed by atoms with Crippen molar-refractivity contribution in [1.29, 1.82) is 0 Å². The van der Waals surface area contributed by atoms with Crippen LogP contribution in [-0.2, 0) is 4.74 Å². The first-order chi connectivity index (χ1) is 11.2. The number of benzene rings is 1. The SMILES string of the molecule is CC(C)(C)OC(=O)N1CC=C(c2ccc([N+](=O)[O-])cc2)CC12CC2. The molecule has 24 heavy (non-hydrogen) atoms. The van der Waals surface area contributed by atoms with Gasteiger partial charge in [0, 0.05) is 18.7 Å². The first-order valence-corrected chi connectivity index (χ1v) is 8.15. The number of ether oxygens (including phenoxy) is 1. The number of nitro groups is 1. The molecule has 1 aromatic carbocycles. The van der Waals surface area contributed by atoms with E-state index in [1.54, 1.807) is 12.1 Å². The highest BCUT2D eigenvalue weighted by molar-refractivity contribution is 5.75. The van der Waals surface area contributed by atoms with Gasteiger partial charge >= 0.3 is 6.09 Å². The van der Waals surface area contributed by atoms with E-state index in [0.29, 0.717) is 6.54 Å². The molecule has 1 amide bonds. The molecule has 0 atom stereocenters. The monoisotopic (exact) mass is 330 g/mol. The van der Waals surface area contributed by atoms with Crippen LogP contribution in [0.25, 0.3) is 5.57 Å². The van der Waals surface area contributed by atoms with E-state index in [1.807, 2.05) is 31.7 Å². The normalized spacial score (nSPS) is 19.0. The molecule has 0 saturated heterocycles. The second kappa shape index (κ2) is 5.61. The number of nitro benzene ring substituents is 1. The van der Waals surface area contributed by atoms with Gasteiger partial charge in [-0.3, -0.25) is 15.0 Å². The topological polar surface area (TPSA) is 72.7 Å². The smallest absolute Gasteiger partial charge is 0.411 e. The minimum absolute atomic E-state index is 0.0895. The molecule has 1 heterocycles. The Labute approximate surface area is 141 Å². The first-order valence-electron chi connectivity index (χ1n) is 8.15. The highest BCUT2D eigenvalue weighted by Crippen LogP contribution is 2.50. The van der Waals surface area contributed by atoms with Crippen LogP contribution in [0.15, 0.2) is 30.3 Å². The molecule has 6 heteroatoms. The van der Waals surface area contributed by atoms with Gasteiger partial charge in [-0.2, -0.15) is 0 Å². The third kappa shape index (κ3) is 3.27. The van der Waals surface area contributed by atoms with Gasteiger partial charge in [0.1, 0.15) is 5.60 Å². The fourth-order valence-corrected chi connectivity index (χ4v) is 3.11. The molecular weight excluding hydrogens is 308 g/mol. The standard InChI is InChI=1S/C18H22N2O4/c1-17(2,3)24-16(21)19-11-8-14(12-18(19)9-10-18)13-4-6-15(7-5-13)20(22)23/h4-8H,9-12H2,1-3H3. The summed E-state index contributed by atoms with van der Waals surface area (Å²) in [5.74, 6) is 0. The molecule has 0 N–H and O–H groups in total. The van der Waals surface area contributed by atoms with Crippen LogP contribution in [0.3, 0.4) is 0 Å². The number of nitrogens with zero attached hydrogens (tertiary/aromatic N) is 2. The highest BCUT2D eigenvalue weighted by Gasteiger charge is 2.52. The Morgan fingerprint density at radius 1 is 1.25 bits per heavy atom. The second-order valence-corrected chi connectivity index (χ2v) is 7.53. The number of rotatable bonds is 2. The predicted octanol–water partition coefficient (Wildman–Crippen LogP) is 4.15. The van der Waals surface area contributed by atoms with E-state index < -0.39 is 10.5 Å². The van der Waals surface area contributed by atoms with Crippen molar-refractivity contribution in [2.75, 3.05) is 6.54 Å². The van der Waals surface area contributed by atoms with Crippen LogP contribution < -0.4 is 0 Å². The van der Waals surface area contributed by atoms with E-state index in [0.717, 1.165) is 30.4 Å². The molecule has 1 aromatic rings. The number of non-ortho nitro benzene ring substituents is 1. The molecule has 1 spiro atoms. The van der Waals surface area contributed by atoms with Gasteiger partial charge in [-0.1, -0.05) is 6.08 Å². The molecule has 6 nitrogen and oxygen atoms in total. The summed E-state index contributed by atoms with van der Waals surface area (Å²) in [6.07, 6.45) is 4.46. The Morgan fingerprint density at radius 3 is 2.38 bits per heavy atom. The van der Waals surface area contributed by atoms with Crippen LogP contribution in [0, 0.1) is 10.1 Å². The molecule has 0 bridgehead atoms. The lowest BCUT2D eigenvalue weighted by Crippen LogP contribution is -2.47. The van der Waals surface area contributed by atoms with Crippen LogP contribution in [0.4, 0.5) is 10.5 Å². The quantitative estimate of drug-likeness (QED) is 0.603. The van der Waals surface area contributed by atoms with Gasteiger partial charge in [-0.15, -0.1) is 0 Å². The summed E-state index contributed by atoms with van der Waals surface area (Å²) in [7, 11) is 0. The maximum atomic E-state index is 12.4. The zero-order valence-corrected chi connectivity index (χ0v) is 14.2. The van der Waals surface area contributed by atoms with Crippen molar-refractivity contribution in [3.05, 3.63) is 46.0 Å². The molecule has 1 aliphatic carbocycles. The van der Waals surface area contributed by atoms with Crippen molar-refractivity contribution < 1.29 is 14.5 Å². The fourth-order valence-electron chi connectivity index (χ4n) is 3.11. The lowest BCUT2D eigenvalue weighted by Gasteiger charge is -2.37. The molecule has 0 unspecified atom stereocenters. The van der Waals surface area contributed by atoms with E-state index in [-0.39, 0.29) is 17.3 Å². The largest absolute Gasteiger partial charge is 0.444 e. The highest BCUT2D eigenvalue weighted by atomic mass is 16.6. The van der Waals surface area contributed by atoms with Crippen molar-refractivity contribution in [3.8, 4) is 0 Å². The fraction of sp³-hybridized carbons (Fsp3) is 0.500. The lowest BCUT2D eigenvalue weighted by atomic mass is 9.92. The van der Waals surface area contributed by atoms with Gasteiger partial charge in [0.2, 0.25) is 0 Å². The predicted molar refractivity (Wildman–Crippen MR) is 90.6 cm³/mol. The van der Waals surface area contributed by atoms with Crippen molar-refractivity contribution in [3.63, 3.8) is 0 Å². The van der Waals surface area contributed by atoms with E-state index in [4.69, 9.17) is 4.74 Å². The summed E-state index contributed by atoms with van der Waals surface area (Å²) < 4.78 is 5.52. The molecule has 2 aliphatic rings. The number of carbonyl (C=O) groups is 1. The average molecular weight is 330 g/mol. The Morgan fingerprint density at radius 2 is 1.88 bits per heavy atom. The van der Waals surface area contributed by atoms with Gasteiger partial charge in [0.25, 0.3) is 5.69 Å². The van der Waals surface area contributed by atoms with Gasteiger partial charge in [0.15, 0.2) is 0 Å². The van der Waals surface area contributed by atoms with E-state index in [9.17, 15) is 14.9 Å². The molecule has 0 aromatic heterocycles. The van der Waals surface area contributed by atoms with Gasteiger partial charge in [-0.05, 0) is 63.3 Å². The molecule has 1 aliphatic heterocycles. The van der Waals surface area contributed by atoms with E-state index in [2.05, 4.69) is 0 Å². The molecule has 1 fully saturated rings. The van der Waals surface area contributed by atoms with Gasteiger partial charge < -0.3 is 4.74 Å². The number of hydrogen-bond acceptors (Lipinski definition) is 4. The third-order valence-electron chi connectivity index (χ3n) is 4.50. The van der Waals surface area contributed by atoms with Crippen LogP contribution in [0.5, 0.6) is 0 Å². The molecule has 3 rings (SSSR count). The average Bonchev–Trinajstić information content (AvgIpc) is 3.25. The van der Waals surface area contributed by atoms with Crippen LogP contribution in [0.1, 0.15) is 45.6 Å². The Balaban J connectivity index is 1.78. The van der Waals surface area contributed by atoms with Crippen LogP contribution in [0.2, 0.25) is 0 Å². The molecule has 1 saturated carbocycles. The first kappa shape index (κ1) is 16.5. The summed E-state index contributed by atoms with van der Waals surface area (Å²) in [4.78, 5) is 24.6. The Kier molecular flexibility index (Phi) is 3.86. The van der Waals surface area contributed by atoms with E-state index >= 15 is 0 Å². The number of hydrogen-bond donors (Lipinski definition) is 0. The van der Waals surface area contributed by atoms with Gasteiger partial charge in [0.05, 0.1) is 10.5 Å². The van der Waals surface area contributed by atoms with Crippen molar-refractivity contribution in [2.24, 2.45) is 0 Å². The van der Waals surface area contributed by atoms with E-state index in [1.165, 1.54) is 12.1 Å². The third-order valence-corrected chi connectivity index (χ3v) is 4.50. The minimum Gasteiger partial charge on any atom is -0.444 e. The zero-order valence-electron chi connectivity index (χ0n) is 14.2. The molecule has 128 valence electrons. The number of carbonyl (C=O) groups excluding carboxylic acids is 1. The second-order valence-electron chi connectivity index (χ2n) is 7.53. The van der Waals surface area contributed by atoms with Crippen LogP contribution >= 0.6 is 0 Å². The summed E-state index contributed by atoms with van der Waals surface area (Å²) >= 11 is 0. The zero-order chi connectivity index (χ0) is 17.5. The van der Waals surface area contributed by atoms with Crippen molar-refractivity contribution in [2.45, 2.75) is 51.2 Å². The van der Waals surface area contributed by atoms with Crippen LogP contribution in [-0.4, -0.2) is 33.6 Å². The summed E-state index contributed by atoms with van der Waals surface area (Å²) in [5, 5.41) is 10.8.